The van der Waals surface area contributed by atoms with Gasteiger partial charge in [-0.15, -0.1) is 0 Å². The van der Waals surface area contributed by atoms with Crippen molar-refractivity contribution in [1.82, 2.24) is 5.32 Å². The Kier molecular flexibility index (Phi) is 8.89. The maximum Gasteiger partial charge on any atom is 0.252 e. The van der Waals surface area contributed by atoms with Crippen LogP contribution in [0.1, 0.15) is 22.3 Å². The molecule has 1 aromatic rings. The number of rotatable bonds is 8. The van der Waals surface area contributed by atoms with E-state index in [1.54, 1.807) is 25.3 Å². The predicted molar refractivity (Wildman–Crippen MR) is 80.1 cm³/mol. The topological polar surface area (TPSA) is 67.8 Å². The quantitative estimate of drug-likeness (QED) is 0.549. The lowest BCUT2D eigenvalue weighted by Crippen LogP contribution is -2.28. The molecule has 1 amide bonds. The summed E-state index contributed by atoms with van der Waals surface area (Å²) in [6, 6.07) is 7.13. The van der Waals surface area contributed by atoms with E-state index in [-0.39, 0.29) is 12.5 Å². The first-order chi connectivity index (χ1) is 10.3. The second-order valence-electron chi connectivity index (χ2n) is 4.18. The van der Waals surface area contributed by atoms with Crippen LogP contribution in [0.15, 0.2) is 24.3 Å². The molecule has 0 saturated heterocycles. The van der Waals surface area contributed by atoms with Crippen molar-refractivity contribution >= 4 is 5.91 Å². The van der Waals surface area contributed by atoms with Gasteiger partial charge in [0, 0.05) is 25.6 Å². The van der Waals surface area contributed by atoms with Crippen LogP contribution in [0, 0.1) is 11.8 Å². The summed E-state index contributed by atoms with van der Waals surface area (Å²) in [6.45, 7) is 1.93. The van der Waals surface area contributed by atoms with Crippen LogP contribution in [-0.4, -0.2) is 51.1 Å². The van der Waals surface area contributed by atoms with Gasteiger partial charge in [-0.2, -0.15) is 0 Å². The maximum absolute atomic E-state index is 12.1. The molecule has 0 bridgehead atoms. The molecule has 2 N–H and O–H groups in total. The molecule has 0 aliphatic carbocycles. The molecule has 21 heavy (non-hydrogen) atoms. The minimum Gasteiger partial charge on any atom is -0.395 e. The molecule has 0 unspecified atom stereocenters. The highest BCUT2D eigenvalue weighted by molar-refractivity contribution is 5.96. The van der Waals surface area contributed by atoms with E-state index in [0.717, 1.165) is 0 Å². The second kappa shape index (κ2) is 10.9. The largest absolute Gasteiger partial charge is 0.395 e. The Balaban J connectivity index is 2.48. The molecule has 5 heteroatoms. The summed E-state index contributed by atoms with van der Waals surface area (Å²) in [6.07, 6.45) is 0.392. The van der Waals surface area contributed by atoms with Crippen LogP contribution in [0.5, 0.6) is 0 Å². The number of methoxy groups -OCH3 is 1. The third-order valence-corrected chi connectivity index (χ3v) is 2.60. The standard InChI is InChI=1S/C16H21NO4/c1-20-12-13-21-11-9-17-16(19)15-8-3-2-6-14(15)7-4-5-10-18/h2-3,6,8,18H,5,9-13H2,1H3,(H,17,19). The highest BCUT2D eigenvalue weighted by Crippen LogP contribution is 2.07. The molecular formula is C16H21NO4. The van der Waals surface area contributed by atoms with Crippen LogP contribution in [0.2, 0.25) is 0 Å². The molecule has 0 aliphatic rings. The minimum atomic E-state index is -0.181. The van der Waals surface area contributed by atoms with Gasteiger partial charge in [0.05, 0.1) is 32.0 Å². The zero-order valence-corrected chi connectivity index (χ0v) is 12.2. The van der Waals surface area contributed by atoms with Gasteiger partial charge >= 0.3 is 0 Å². The molecule has 5 nitrogen and oxygen atoms in total. The van der Waals surface area contributed by atoms with Gasteiger partial charge in [-0.3, -0.25) is 4.79 Å². The number of carbonyl (C=O) groups excluding carboxylic acids is 1. The number of hydrogen-bond acceptors (Lipinski definition) is 4. The molecule has 0 fully saturated rings. The van der Waals surface area contributed by atoms with Crippen molar-refractivity contribution in [3.05, 3.63) is 35.4 Å². The number of benzene rings is 1. The normalized spacial score (nSPS) is 9.81. The fourth-order valence-electron chi connectivity index (χ4n) is 1.58. The summed E-state index contributed by atoms with van der Waals surface area (Å²) in [4.78, 5) is 12.1. The smallest absolute Gasteiger partial charge is 0.252 e. The van der Waals surface area contributed by atoms with Gasteiger partial charge in [0.1, 0.15) is 0 Å². The summed E-state index contributed by atoms with van der Waals surface area (Å²) >= 11 is 0. The molecule has 0 aromatic heterocycles. The van der Waals surface area contributed by atoms with Gasteiger partial charge in [-0.05, 0) is 12.1 Å². The average molecular weight is 291 g/mol. The van der Waals surface area contributed by atoms with E-state index in [2.05, 4.69) is 17.2 Å². The average Bonchev–Trinajstić information content (AvgIpc) is 2.51. The molecule has 0 radical (unpaired) electrons. The molecule has 0 atom stereocenters. The van der Waals surface area contributed by atoms with E-state index in [0.29, 0.717) is 43.9 Å². The monoisotopic (exact) mass is 291 g/mol. The Labute approximate surface area is 125 Å². The number of amides is 1. The summed E-state index contributed by atoms with van der Waals surface area (Å²) in [7, 11) is 1.61. The van der Waals surface area contributed by atoms with Gasteiger partial charge in [0.25, 0.3) is 5.91 Å². The fourth-order valence-corrected chi connectivity index (χ4v) is 1.58. The maximum atomic E-state index is 12.1. The third kappa shape index (κ3) is 6.91. The SMILES string of the molecule is COCCOCCNC(=O)c1ccccc1C#CCCO. The van der Waals surface area contributed by atoms with Crippen molar-refractivity contribution in [1.29, 1.82) is 0 Å². The van der Waals surface area contributed by atoms with Gasteiger partial charge < -0.3 is 19.9 Å². The van der Waals surface area contributed by atoms with Crippen LogP contribution >= 0.6 is 0 Å². The summed E-state index contributed by atoms with van der Waals surface area (Å²) in [5.41, 5.74) is 1.18. The summed E-state index contributed by atoms with van der Waals surface area (Å²) in [5, 5.41) is 11.5. The first-order valence-corrected chi connectivity index (χ1v) is 6.83. The third-order valence-electron chi connectivity index (χ3n) is 2.60. The zero-order valence-electron chi connectivity index (χ0n) is 12.2. The van der Waals surface area contributed by atoms with Crippen molar-refractivity contribution in [2.24, 2.45) is 0 Å². The lowest BCUT2D eigenvalue weighted by molar-refractivity contribution is 0.0692. The zero-order chi connectivity index (χ0) is 15.3. The fraction of sp³-hybridized carbons (Fsp3) is 0.438. The van der Waals surface area contributed by atoms with Crippen LogP contribution in [0.3, 0.4) is 0 Å². The summed E-state index contributed by atoms with van der Waals surface area (Å²) in [5.74, 6) is 5.53. The molecule has 1 rings (SSSR count). The first-order valence-electron chi connectivity index (χ1n) is 6.83. The van der Waals surface area contributed by atoms with E-state index in [1.165, 1.54) is 0 Å². The van der Waals surface area contributed by atoms with E-state index < -0.39 is 0 Å². The van der Waals surface area contributed by atoms with Gasteiger partial charge in [-0.25, -0.2) is 0 Å². The van der Waals surface area contributed by atoms with Gasteiger partial charge in [0.15, 0.2) is 0 Å². The number of hydrogen-bond donors (Lipinski definition) is 2. The first kappa shape index (κ1) is 17.2. The molecule has 0 saturated carbocycles. The van der Waals surface area contributed by atoms with Crippen molar-refractivity contribution in [3.8, 4) is 11.8 Å². The van der Waals surface area contributed by atoms with Gasteiger partial charge in [0.2, 0.25) is 0 Å². The Morgan fingerprint density at radius 2 is 2.10 bits per heavy atom. The van der Waals surface area contributed by atoms with Crippen molar-refractivity contribution in [2.45, 2.75) is 6.42 Å². The Hall–Kier alpha value is -1.87. The highest BCUT2D eigenvalue weighted by Gasteiger charge is 2.08. The molecule has 114 valence electrons. The number of aliphatic hydroxyl groups is 1. The second-order valence-corrected chi connectivity index (χ2v) is 4.18. The van der Waals surface area contributed by atoms with E-state index in [4.69, 9.17) is 14.6 Å². The predicted octanol–water partition coefficient (Wildman–Crippen LogP) is 0.813. The number of carbonyl (C=O) groups is 1. The van der Waals surface area contributed by atoms with Crippen molar-refractivity contribution in [3.63, 3.8) is 0 Å². The number of ether oxygens (including phenoxy) is 2. The van der Waals surface area contributed by atoms with Crippen LogP contribution < -0.4 is 5.32 Å². The van der Waals surface area contributed by atoms with Crippen LogP contribution in [0.4, 0.5) is 0 Å². The number of nitrogens with one attached hydrogen (secondary N) is 1. The molecule has 0 heterocycles. The number of aliphatic hydroxyl groups excluding tert-OH is 1. The van der Waals surface area contributed by atoms with E-state index >= 15 is 0 Å². The molecule has 1 aromatic carbocycles. The van der Waals surface area contributed by atoms with Crippen LogP contribution in [-0.2, 0) is 9.47 Å². The molecular weight excluding hydrogens is 270 g/mol. The van der Waals surface area contributed by atoms with Gasteiger partial charge in [-0.1, -0.05) is 24.0 Å². The Morgan fingerprint density at radius 1 is 1.29 bits per heavy atom. The lowest BCUT2D eigenvalue weighted by atomic mass is 10.1. The highest BCUT2D eigenvalue weighted by atomic mass is 16.5. The van der Waals surface area contributed by atoms with E-state index in [1.807, 2.05) is 6.07 Å². The molecule has 0 spiro atoms. The summed E-state index contributed by atoms with van der Waals surface area (Å²) < 4.78 is 10.1. The lowest BCUT2D eigenvalue weighted by Gasteiger charge is -2.07. The molecule has 0 aliphatic heterocycles. The Morgan fingerprint density at radius 3 is 2.86 bits per heavy atom. The minimum absolute atomic E-state index is 0.0141. The Bertz CT molecular complexity index is 491. The van der Waals surface area contributed by atoms with Crippen molar-refractivity contribution < 1.29 is 19.4 Å². The van der Waals surface area contributed by atoms with Crippen LogP contribution in [0.25, 0.3) is 0 Å². The van der Waals surface area contributed by atoms with E-state index in [9.17, 15) is 4.79 Å². The van der Waals surface area contributed by atoms with Crippen molar-refractivity contribution in [2.75, 3.05) is 40.1 Å².